The summed E-state index contributed by atoms with van der Waals surface area (Å²) in [6, 6.07) is 6.02. The molecule has 0 bridgehead atoms. The van der Waals surface area contributed by atoms with Crippen LogP contribution in [0.15, 0.2) is 22.7 Å². The Morgan fingerprint density at radius 1 is 1.47 bits per heavy atom. The molecule has 96 valence electrons. The van der Waals surface area contributed by atoms with Gasteiger partial charge in [0.1, 0.15) is 0 Å². The van der Waals surface area contributed by atoms with Crippen molar-refractivity contribution in [2.75, 3.05) is 32.2 Å². The normalized spacial score (nSPS) is 12.5. The van der Waals surface area contributed by atoms with Crippen LogP contribution >= 0.6 is 15.9 Å². The first-order chi connectivity index (χ1) is 8.06. The summed E-state index contributed by atoms with van der Waals surface area (Å²) in [4.78, 5) is 2.18. The first-order valence-corrected chi connectivity index (χ1v) is 6.53. The lowest BCUT2D eigenvalue weighted by Crippen LogP contribution is -2.19. The van der Waals surface area contributed by atoms with Crippen molar-refractivity contribution in [3.8, 4) is 0 Å². The first-order valence-electron chi connectivity index (χ1n) is 5.74. The van der Waals surface area contributed by atoms with Crippen molar-refractivity contribution in [2.24, 2.45) is 0 Å². The number of aliphatic hydroxyl groups is 1. The zero-order valence-electron chi connectivity index (χ0n) is 10.6. The van der Waals surface area contributed by atoms with E-state index in [4.69, 9.17) is 4.74 Å². The summed E-state index contributed by atoms with van der Waals surface area (Å²) in [6.07, 6.45) is 0.556. The second-order valence-electron chi connectivity index (χ2n) is 4.15. The summed E-state index contributed by atoms with van der Waals surface area (Å²) in [6.45, 7) is 3.49. The molecule has 1 aromatic rings. The number of hydrogen-bond acceptors (Lipinski definition) is 3. The lowest BCUT2D eigenvalue weighted by molar-refractivity contribution is 0.196. The van der Waals surface area contributed by atoms with E-state index in [0.717, 1.165) is 35.3 Å². The van der Waals surface area contributed by atoms with Crippen LogP contribution in [-0.2, 0) is 4.74 Å². The predicted octanol–water partition coefficient (Wildman–Crippen LogP) is 2.98. The molecule has 0 aliphatic rings. The summed E-state index contributed by atoms with van der Waals surface area (Å²) >= 11 is 3.49. The Hall–Kier alpha value is -0.580. The highest BCUT2D eigenvalue weighted by atomic mass is 79.9. The zero-order valence-corrected chi connectivity index (χ0v) is 12.2. The molecular weight excluding hydrogens is 282 g/mol. The SMILES string of the molecule is COCCCN(C)c1ccc([C@@H](C)O)c(Br)c1. The summed E-state index contributed by atoms with van der Waals surface area (Å²) in [5, 5.41) is 9.55. The van der Waals surface area contributed by atoms with Gasteiger partial charge < -0.3 is 14.7 Å². The molecule has 0 fully saturated rings. The molecule has 4 heteroatoms. The molecule has 0 saturated carbocycles. The van der Waals surface area contributed by atoms with Crippen molar-refractivity contribution in [3.05, 3.63) is 28.2 Å². The van der Waals surface area contributed by atoms with Gasteiger partial charge in [0.05, 0.1) is 6.10 Å². The van der Waals surface area contributed by atoms with Gasteiger partial charge in [0.2, 0.25) is 0 Å². The van der Waals surface area contributed by atoms with E-state index in [1.54, 1.807) is 14.0 Å². The Morgan fingerprint density at radius 3 is 2.71 bits per heavy atom. The fourth-order valence-corrected chi connectivity index (χ4v) is 2.37. The number of halogens is 1. The molecule has 0 spiro atoms. The van der Waals surface area contributed by atoms with Gasteiger partial charge in [-0.25, -0.2) is 0 Å². The van der Waals surface area contributed by atoms with Crippen LogP contribution in [0.4, 0.5) is 5.69 Å². The Bertz CT molecular complexity index is 355. The minimum Gasteiger partial charge on any atom is -0.389 e. The van der Waals surface area contributed by atoms with Crippen LogP contribution in [0.5, 0.6) is 0 Å². The molecule has 0 unspecified atom stereocenters. The fraction of sp³-hybridized carbons (Fsp3) is 0.538. The van der Waals surface area contributed by atoms with Crippen LogP contribution in [0.25, 0.3) is 0 Å². The molecule has 1 atom stereocenters. The number of aliphatic hydroxyl groups excluding tert-OH is 1. The topological polar surface area (TPSA) is 32.7 Å². The summed E-state index contributed by atoms with van der Waals surface area (Å²) in [7, 11) is 3.77. The van der Waals surface area contributed by atoms with Gasteiger partial charge in [0.25, 0.3) is 0 Å². The highest BCUT2D eigenvalue weighted by Gasteiger charge is 2.08. The summed E-state index contributed by atoms with van der Waals surface area (Å²) in [5.74, 6) is 0. The fourth-order valence-electron chi connectivity index (χ4n) is 1.67. The molecule has 1 N–H and O–H groups in total. The van der Waals surface area contributed by atoms with Crippen LogP contribution in [0, 0.1) is 0 Å². The quantitative estimate of drug-likeness (QED) is 0.820. The van der Waals surface area contributed by atoms with E-state index < -0.39 is 6.10 Å². The Balaban J connectivity index is 2.69. The van der Waals surface area contributed by atoms with E-state index in [-0.39, 0.29) is 0 Å². The smallest absolute Gasteiger partial charge is 0.0772 e. The van der Waals surface area contributed by atoms with Crippen LogP contribution in [-0.4, -0.2) is 32.4 Å². The van der Waals surface area contributed by atoms with Crippen LogP contribution < -0.4 is 4.90 Å². The molecule has 1 rings (SSSR count). The third-order valence-electron chi connectivity index (χ3n) is 2.72. The van der Waals surface area contributed by atoms with Gasteiger partial charge in [-0.1, -0.05) is 22.0 Å². The molecule has 3 nitrogen and oxygen atoms in total. The van der Waals surface area contributed by atoms with Gasteiger partial charge in [-0.15, -0.1) is 0 Å². The Morgan fingerprint density at radius 2 is 2.18 bits per heavy atom. The van der Waals surface area contributed by atoms with E-state index in [9.17, 15) is 5.11 Å². The lowest BCUT2D eigenvalue weighted by atomic mass is 10.1. The summed E-state index contributed by atoms with van der Waals surface area (Å²) in [5.41, 5.74) is 2.05. The Labute approximate surface area is 112 Å². The molecule has 0 heterocycles. The molecule has 1 aromatic carbocycles. The largest absolute Gasteiger partial charge is 0.389 e. The third-order valence-corrected chi connectivity index (χ3v) is 3.40. The molecule has 0 aromatic heterocycles. The van der Waals surface area contributed by atoms with E-state index in [1.165, 1.54) is 0 Å². The number of benzene rings is 1. The molecule has 0 amide bonds. The van der Waals surface area contributed by atoms with Crippen molar-refractivity contribution in [2.45, 2.75) is 19.4 Å². The maximum Gasteiger partial charge on any atom is 0.0772 e. The highest BCUT2D eigenvalue weighted by Crippen LogP contribution is 2.27. The van der Waals surface area contributed by atoms with Crippen molar-refractivity contribution < 1.29 is 9.84 Å². The number of ether oxygens (including phenoxy) is 1. The van der Waals surface area contributed by atoms with E-state index in [0.29, 0.717) is 0 Å². The van der Waals surface area contributed by atoms with Gasteiger partial charge >= 0.3 is 0 Å². The van der Waals surface area contributed by atoms with Gasteiger partial charge in [-0.3, -0.25) is 0 Å². The maximum atomic E-state index is 9.55. The predicted molar refractivity (Wildman–Crippen MR) is 74.5 cm³/mol. The van der Waals surface area contributed by atoms with Crippen molar-refractivity contribution in [1.82, 2.24) is 0 Å². The van der Waals surface area contributed by atoms with Gasteiger partial charge in [-0.05, 0) is 31.0 Å². The number of anilines is 1. The molecule has 0 aliphatic heterocycles. The average molecular weight is 302 g/mol. The molecule has 17 heavy (non-hydrogen) atoms. The second-order valence-corrected chi connectivity index (χ2v) is 5.00. The van der Waals surface area contributed by atoms with Gasteiger partial charge in [0.15, 0.2) is 0 Å². The summed E-state index contributed by atoms with van der Waals surface area (Å²) < 4.78 is 5.98. The first kappa shape index (κ1) is 14.5. The number of rotatable bonds is 6. The van der Waals surface area contributed by atoms with E-state index in [2.05, 4.69) is 27.9 Å². The lowest BCUT2D eigenvalue weighted by Gasteiger charge is -2.20. The number of hydrogen-bond donors (Lipinski definition) is 1. The number of nitrogens with zero attached hydrogens (tertiary/aromatic N) is 1. The molecule has 0 radical (unpaired) electrons. The minimum atomic E-state index is -0.447. The van der Waals surface area contributed by atoms with Crippen molar-refractivity contribution in [3.63, 3.8) is 0 Å². The third kappa shape index (κ3) is 4.30. The second kappa shape index (κ2) is 6.99. The van der Waals surface area contributed by atoms with E-state index in [1.807, 2.05) is 18.2 Å². The van der Waals surface area contributed by atoms with Gasteiger partial charge in [-0.2, -0.15) is 0 Å². The molecule has 0 saturated heterocycles. The maximum absolute atomic E-state index is 9.55. The van der Waals surface area contributed by atoms with Crippen LogP contribution in [0.2, 0.25) is 0 Å². The van der Waals surface area contributed by atoms with E-state index >= 15 is 0 Å². The monoisotopic (exact) mass is 301 g/mol. The van der Waals surface area contributed by atoms with Crippen molar-refractivity contribution >= 4 is 21.6 Å². The molecular formula is C13H20BrNO2. The van der Waals surface area contributed by atoms with Crippen LogP contribution in [0.1, 0.15) is 25.0 Å². The standard InChI is InChI=1S/C13H20BrNO2/c1-10(16)12-6-5-11(9-13(12)14)15(2)7-4-8-17-3/h5-6,9-10,16H,4,7-8H2,1-3H3/t10-/m1/s1. The minimum absolute atomic E-state index is 0.447. The van der Waals surface area contributed by atoms with Crippen LogP contribution in [0.3, 0.4) is 0 Å². The number of methoxy groups -OCH3 is 1. The highest BCUT2D eigenvalue weighted by molar-refractivity contribution is 9.10. The Kier molecular flexibility index (Phi) is 5.95. The zero-order chi connectivity index (χ0) is 12.8. The average Bonchev–Trinajstić information content (AvgIpc) is 2.28. The van der Waals surface area contributed by atoms with Crippen molar-refractivity contribution in [1.29, 1.82) is 0 Å². The van der Waals surface area contributed by atoms with Gasteiger partial charge in [0, 0.05) is 37.5 Å². The molecule has 0 aliphatic carbocycles.